The lowest BCUT2D eigenvalue weighted by atomic mass is 9.87. The summed E-state index contributed by atoms with van der Waals surface area (Å²) in [6.45, 7) is 8.17. The van der Waals surface area contributed by atoms with Crippen LogP contribution in [0.25, 0.3) is 10.2 Å². The lowest BCUT2D eigenvalue weighted by Gasteiger charge is -2.30. The summed E-state index contributed by atoms with van der Waals surface area (Å²) in [6.07, 6.45) is 1.58. The molecule has 0 fully saturated rings. The summed E-state index contributed by atoms with van der Waals surface area (Å²) in [6, 6.07) is 7.45. The number of benzene rings is 1. The molecule has 0 amide bonds. The fourth-order valence-corrected chi connectivity index (χ4v) is 3.48. The molecule has 2 aromatic heterocycles. The predicted molar refractivity (Wildman–Crippen MR) is 122 cm³/mol. The number of hydrogen-bond acceptors (Lipinski definition) is 9. The van der Waals surface area contributed by atoms with Crippen molar-refractivity contribution in [2.75, 3.05) is 16.0 Å². The van der Waals surface area contributed by atoms with Gasteiger partial charge in [-0.05, 0) is 36.6 Å². The van der Waals surface area contributed by atoms with Gasteiger partial charge in [0.1, 0.15) is 17.2 Å². The number of nitrogens with one attached hydrogen (secondary N) is 3. The summed E-state index contributed by atoms with van der Waals surface area (Å²) in [4.78, 5) is 37.1. The normalized spacial score (nSPS) is 12.8. The van der Waals surface area contributed by atoms with E-state index in [9.17, 15) is 9.59 Å². The van der Waals surface area contributed by atoms with Gasteiger partial charge in [0.05, 0.1) is 15.7 Å². The molecule has 9 heteroatoms. The van der Waals surface area contributed by atoms with Gasteiger partial charge in [0, 0.05) is 17.9 Å². The molecule has 0 aliphatic heterocycles. The molecule has 154 valence electrons. The third-order valence-corrected chi connectivity index (χ3v) is 5.86. The van der Waals surface area contributed by atoms with Crippen LogP contribution >= 0.6 is 11.3 Å². The first-order valence-electron chi connectivity index (χ1n) is 9.52. The van der Waals surface area contributed by atoms with Gasteiger partial charge in [0.25, 0.3) is 10.9 Å². The Hall–Kier alpha value is -3.33. The van der Waals surface area contributed by atoms with E-state index in [1.165, 1.54) is 0 Å². The molecule has 30 heavy (non-hydrogen) atoms. The summed E-state index contributed by atoms with van der Waals surface area (Å²) < 4.78 is 1.06. The van der Waals surface area contributed by atoms with Crippen molar-refractivity contribution in [3.05, 3.63) is 56.4 Å². The molecule has 4 rings (SSSR count). The Bertz CT molecular complexity index is 1280. The topological polar surface area (TPSA) is 109 Å². The van der Waals surface area contributed by atoms with Crippen LogP contribution in [0.3, 0.4) is 0 Å². The molecule has 8 nitrogen and oxygen atoms in total. The van der Waals surface area contributed by atoms with E-state index in [1.807, 2.05) is 25.1 Å². The molecule has 1 atom stereocenters. The van der Waals surface area contributed by atoms with Gasteiger partial charge >= 0.3 is 0 Å². The Kier molecular flexibility index (Phi) is 4.98. The highest BCUT2D eigenvalue weighted by molar-refractivity contribution is 7.16. The van der Waals surface area contributed by atoms with Gasteiger partial charge in [-0.15, -0.1) is 11.3 Å². The maximum atomic E-state index is 12.1. The number of anilines is 5. The molecular formula is C21H22N6O2S. The number of hydrogen-bond donors (Lipinski definition) is 3. The van der Waals surface area contributed by atoms with Crippen LogP contribution in [0.15, 0.2) is 45.6 Å². The minimum absolute atomic E-state index is 0.00522. The second kappa shape index (κ2) is 7.49. The number of rotatable bonds is 6. The molecule has 0 spiro atoms. The van der Waals surface area contributed by atoms with Crippen molar-refractivity contribution in [2.45, 2.75) is 33.7 Å². The Morgan fingerprint density at radius 2 is 1.77 bits per heavy atom. The zero-order valence-corrected chi connectivity index (χ0v) is 17.9. The molecular weight excluding hydrogens is 400 g/mol. The molecule has 0 radical (unpaired) electrons. The largest absolute Gasteiger partial charge is 0.377 e. The van der Waals surface area contributed by atoms with E-state index in [0.29, 0.717) is 17.5 Å². The second-order valence-electron chi connectivity index (χ2n) is 8.19. The molecule has 2 heterocycles. The average molecular weight is 423 g/mol. The molecule has 0 unspecified atom stereocenters. The Morgan fingerprint density at radius 3 is 2.53 bits per heavy atom. The first-order chi connectivity index (χ1) is 14.2. The van der Waals surface area contributed by atoms with Gasteiger partial charge < -0.3 is 16.0 Å². The highest BCUT2D eigenvalue weighted by Gasteiger charge is 2.27. The molecule has 0 aliphatic carbocycles. The fraction of sp³-hybridized carbons (Fsp3) is 0.286. The van der Waals surface area contributed by atoms with E-state index in [0.717, 1.165) is 15.9 Å². The van der Waals surface area contributed by atoms with Crippen molar-refractivity contribution >= 4 is 50.4 Å². The van der Waals surface area contributed by atoms with Crippen LogP contribution in [-0.4, -0.2) is 21.0 Å². The lowest BCUT2D eigenvalue weighted by Crippen LogP contribution is -2.41. The summed E-state index contributed by atoms with van der Waals surface area (Å²) in [5.74, 6) is 0.796. The Labute approximate surface area is 177 Å². The van der Waals surface area contributed by atoms with Gasteiger partial charge in [0.15, 0.2) is 0 Å². The van der Waals surface area contributed by atoms with Crippen LogP contribution < -0.4 is 26.8 Å². The summed E-state index contributed by atoms with van der Waals surface area (Å²) in [5.41, 5.74) is 2.96. The Morgan fingerprint density at radius 1 is 1.00 bits per heavy atom. The fourth-order valence-electron chi connectivity index (χ4n) is 2.76. The number of thiazole rings is 1. The zero-order valence-electron chi connectivity index (χ0n) is 17.1. The van der Waals surface area contributed by atoms with Crippen molar-refractivity contribution in [3.8, 4) is 0 Å². The minimum atomic E-state index is -0.553. The van der Waals surface area contributed by atoms with Crippen LogP contribution in [0, 0.1) is 5.41 Å². The predicted octanol–water partition coefficient (Wildman–Crippen LogP) is 4.02. The van der Waals surface area contributed by atoms with Crippen molar-refractivity contribution < 1.29 is 0 Å². The van der Waals surface area contributed by atoms with Crippen molar-refractivity contribution in [2.24, 2.45) is 5.41 Å². The smallest absolute Gasteiger partial charge is 0.253 e. The third kappa shape index (κ3) is 3.88. The summed E-state index contributed by atoms with van der Waals surface area (Å²) in [5, 5.41) is 9.28. The molecule has 0 aliphatic rings. The average Bonchev–Trinajstić information content (AvgIpc) is 3.17. The van der Waals surface area contributed by atoms with Gasteiger partial charge in [-0.1, -0.05) is 20.8 Å². The maximum Gasteiger partial charge on any atom is 0.253 e. The number of nitrogens with zero attached hydrogens (tertiary/aromatic N) is 3. The van der Waals surface area contributed by atoms with Crippen LogP contribution in [0.2, 0.25) is 0 Å². The lowest BCUT2D eigenvalue weighted by molar-refractivity contribution is 0.359. The summed E-state index contributed by atoms with van der Waals surface area (Å²) >= 11 is 1.55. The molecule has 0 bridgehead atoms. The van der Waals surface area contributed by atoms with E-state index in [-0.39, 0.29) is 17.1 Å². The SMILES string of the molecule is C[C@@H](Nc1c(Nc2ccnc(Nc3ccc4ncsc4c3)n2)c(=O)c1=O)C(C)(C)C. The molecule has 0 saturated heterocycles. The van der Waals surface area contributed by atoms with Crippen molar-refractivity contribution in [3.63, 3.8) is 0 Å². The number of fused-ring (bicyclic) bond motifs is 1. The maximum absolute atomic E-state index is 12.1. The molecule has 3 N–H and O–H groups in total. The summed E-state index contributed by atoms with van der Waals surface area (Å²) in [7, 11) is 0. The van der Waals surface area contributed by atoms with E-state index >= 15 is 0 Å². The van der Waals surface area contributed by atoms with Gasteiger partial charge in [-0.25, -0.2) is 9.97 Å². The minimum Gasteiger partial charge on any atom is -0.377 e. The highest BCUT2D eigenvalue weighted by Crippen LogP contribution is 2.27. The van der Waals surface area contributed by atoms with E-state index in [4.69, 9.17) is 0 Å². The van der Waals surface area contributed by atoms with Crippen LogP contribution in [0.5, 0.6) is 0 Å². The number of aromatic nitrogens is 3. The van der Waals surface area contributed by atoms with Crippen LogP contribution in [0.4, 0.5) is 28.8 Å². The highest BCUT2D eigenvalue weighted by atomic mass is 32.1. The second-order valence-corrected chi connectivity index (χ2v) is 9.08. The molecule has 0 saturated carbocycles. The van der Waals surface area contributed by atoms with Crippen LogP contribution in [0.1, 0.15) is 27.7 Å². The third-order valence-electron chi connectivity index (χ3n) is 5.07. The van der Waals surface area contributed by atoms with Gasteiger partial charge in [-0.3, -0.25) is 9.59 Å². The van der Waals surface area contributed by atoms with E-state index < -0.39 is 10.9 Å². The van der Waals surface area contributed by atoms with E-state index in [1.54, 1.807) is 29.1 Å². The van der Waals surface area contributed by atoms with Crippen LogP contribution in [-0.2, 0) is 0 Å². The van der Waals surface area contributed by atoms with Crippen molar-refractivity contribution in [1.29, 1.82) is 0 Å². The quantitative estimate of drug-likeness (QED) is 0.400. The molecule has 4 aromatic rings. The molecule has 2 aromatic carbocycles. The van der Waals surface area contributed by atoms with Gasteiger partial charge in [0.2, 0.25) is 5.95 Å². The Balaban J connectivity index is 1.53. The standard InChI is InChI=1S/C21H22N6O2S/c1-11(21(2,3)4)24-16-17(19(29)18(16)28)26-15-7-8-22-20(27-15)25-12-5-6-13-14(9-12)30-10-23-13/h5-11,24H,1-4H3,(H2,22,25,26,27)/t11-/m1/s1. The first kappa shape index (κ1) is 20.0. The monoisotopic (exact) mass is 422 g/mol. The van der Waals surface area contributed by atoms with E-state index in [2.05, 4.69) is 51.7 Å². The van der Waals surface area contributed by atoms with Gasteiger partial charge in [-0.2, -0.15) is 4.98 Å². The zero-order chi connectivity index (χ0) is 21.5. The van der Waals surface area contributed by atoms with Crippen molar-refractivity contribution in [1.82, 2.24) is 15.0 Å². The first-order valence-corrected chi connectivity index (χ1v) is 10.4.